The number of carbonyl (C=O) groups excluding carboxylic acids is 3. The molecule has 0 unspecified atom stereocenters. The zero-order valence-corrected chi connectivity index (χ0v) is 24.2. The molecule has 10 nitrogen and oxygen atoms in total. The van der Waals surface area contributed by atoms with Crippen molar-refractivity contribution in [1.29, 1.82) is 0 Å². The van der Waals surface area contributed by atoms with Gasteiger partial charge >= 0.3 is 0 Å². The summed E-state index contributed by atoms with van der Waals surface area (Å²) in [6.45, 7) is 17.1. The van der Waals surface area contributed by atoms with Crippen LogP contribution in [-0.2, 0) is 10.2 Å². The number of aromatic nitrogens is 2. The Kier molecular flexibility index (Phi) is 8.29. The lowest BCUT2D eigenvalue weighted by molar-refractivity contribution is -0.110. The Morgan fingerprint density at radius 2 is 1.82 bits per heavy atom. The molecule has 0 atom stereocenters. The molecule has 212 valence electrons. The maximum atomic E-state index is 12.9. The van der Waals surface area contributed by atoms with Crippen molar-refractivity contribution >= 4 is 40.7 Å². The summed E-state index contributed by atoms with van der Waals surface area (Å²) in [5.41, 5.74) is 4.99. The summed E-state index contributed by atoms with van der Waals surface area (Å²) in [6.07, 6.45) is 1.76. The van der Waals surface area contributed by atoms with Crippen LogP contribution >= 0.6 is 0 Å². The van der Waals surface area contributed by atoms with Gasteiger partial charge in [-0.3, -0.25) is 14.4 Å². The highest BCUT2D eigenvalue weighted by Crippen LogP contribution is 2.36. The summed E-state index contributed by atoms with van der Waals surface area (Å²) < 4.78 is 5.31. The van der Waals surface area contributed by atoms with E-state index in [9.17, 15) is 14.4 Å². The van der Waals surface area contributed by atoms with Crippen LogP contribution in [0, 0.1) is 13.8 Å². The van der Waals surface area contributed by atoms with Gasteiger partial charge in [0.25, 0.3) is 17.7 Å². The van der Waals surface area contributed by atoms with E-state index in [1.807, 2.05) is 34.6 Å². The van der Waals surface area contributed by atoms with Crippen LogP contribution in [0.15, 0.2) is 28.8 Å². The fourth-order valence-corrected chi connectivity index (χ4v) is 4.71. The zero-order valence-electron chi connectivity index (χ0n) is 24.2. The predicted molar refractivity (Wildman–Crippen MR) is 156 cm³/mol. The van der Waals surface area contributed by atoms with Crippen molar-refractivity contribution in [2.24, 2.45) is 0 Å². The Bertz CT molecular complexity index is 1470. The third kappa shape index (κ3) is 6.02. The average Bonchev–Trinajstić information content (AvgIpc) is 3.58. The molecule has 1 aromatic carbocycles. The van der Waals surface area contributed by atoms with Crippen LogP contribution in [0.4, 0.5) is 11.4 Å². The molecule has 10 heteroatoms. The fourth-order valence-electron chi connectivity index (χ4n) is 4.71. The number of aromatic amines is 1. The quantitative estimate of drug-likeness (QED) is 0.287. The van der Waals surface area contributed by atoms with Gasteiger partial charge in [0.2, 0.25) is 0 Å². The molecule has 40 heavy (non-hydrogen) atoms. The second-order valence-electron chi connectivity index (χ2n) is 11.0. The minimum absolute atomic E-state index is 0.138. The Balaban J connectivity index is 1.50. The number of fused-ring (bicyclic) bond motifs is 1. The molecule has 1 aliphatic heterocycles. The van der Waals surface area contributed by atoms with Crippen molar-refractivity contribution in [3.63, 3.8) is 0 Å². The van der Waals surface area contributed by atoms with Gasteiger partial charge in [0.05, 0.1) is 16.8 Å². The molecule has 0 spiro atoms. The van der Waals surface area contributed by atoms with Crippen molar-refractivity contribution in [3.8, 4) is 0 Å². The first-order chi connectivity index (χ1) is 18.9. The van der Waals surface area contributed by atoms with Crippen LogP contribution < -0.4 is 16.0 Å². The molecule has 0 bridgehead atoms. The minimum Gasteiger partial charge on any atom is -0.360 e. The van der Waals surface area contributed by atoms with E-state index in [1.165, 1.54) is 0 Å². The standard InChI is InChI=1S/C30H38N6O4/c1-8-36(9-2)13-12-31-29(39)26-17(3)22(32-18(26)4)15-21-20-11-10-19(14-23(20)34-27(21)37)33-28(38)24-16-25(40-35-24)30(5,6)7/h10-11,14-16,32H,8-9,12-13H2,1-7H3,(H,31,39)(H,33,38)(H,34,37)/b21-15-. The number of hydrogen-bond donors (Lipinski definition) is 4. The van der Waals surface area contributed by atoms with Crippen LogP contribution in [0.1, 0.15) is 83.7 Å². The number of anilines is 2. The molecule has 0 aliphatic carbocycles. The molecule has 4 rings (SSSR count). The Morgan fingerprint density at radius 3 is 2.48 bits per heavy atom. The highest BCUT2D eigenvalue weighted by molar-refractivity contribution is 6.35. The lowest BCUT2D eigenvalue weighted by Gasteiger charge is -2.18. The molecule has 3 amide bonds. The maximum Gasteiger partial charge on any atom is 0.277 e. The molecule has 3 aromatic rings. The normalized spacial score (nSPS) is 14.0. The van der Waals surface area contributed by atoms with E-state index in [0.29, 0.717) is 46.1 Å². The van der Waals surface area contributed by atoms with E-state index in [-0.39, 0.29) is 22.9 Å². The lowest BCUT2D eigenvalue weighted by atomic mass is 9.93. The van der Waals surface area contributed by atoms with Crippen molar-refractivity contribution in [3.05, 3.63) is 63.8 Å². The Labute approximate surface area is 234 Å². The van der Waals surface area contributed by atoms with Crippen molar-refractivity contribution < 1.29 is 18.9 Å². The van der Waals surface area contributed by atoms with E-state index in [0.717, 1.165) is 30.9 Å². The maximum absolute atomic E-state index is 12.9. The van der Waals surface area contributed by atoms with Gasteiger partial charge in [0.1, 0.15) is 5.76 Å². The van der Waals surface area contributed by atoms with E-state index in [1.54, 1.807) is 30.3 Å². The fraction of sp³-hybridized carbons (Fsp3) is 0.400. The van der Waals surface area contributed by atoms with Crippen LogP contribution in [-0.4, -0.2) is 58.9 Å². The second kappa shape index (κ2) is 11.5. The molecule has 3 heterocycles. The van der Waals surface area contributed by atoms with E-state index < -0.39 is 5.91 Å². The molecule has 4 N–H and O–H groups in total. The van der Waals surface area contributed by atoms with Gasteiger partial charge in [-0.05, 0) is 50.7 Å². The summed E-state index contributed by atoms with van der Waals surface area (Å²) in [5, 5.41) is 12.6. The minimum atomic E-state index is -0.403. The van der Waals surface area contributed by atoms with E-state index >= 15 is 0 Å². The molecule has 2 aromatic heterocycles. The number of carbonyl (C=O) groups is 3. The third-order valence-electron chi connectivity index (χ3n) is 7.14. The number of likely N-dealkylation sites (N-methyl/N-ethyl adjacent to an activating group) is 1. The van der Waals surface area contributed by atoms with Crippen LogP contribution in [0.2, 0.25) is 0 Å². The summed E-state index contributed by atoms with van der Waals surface area (Å²) >= 11 is 0. The van der Waals surface area contributed by atoms with Gasteiger partial charge in [-0.15, -0.1) is 0 Å². The van der Waals surface area contributed by atoms with Gasteiger partial charge in [-0.25, -0.2) is 0 Å². The number of nitrogens with one attached hydrogen (secondary N) is 4. The number of nitrogens with zero attached hydrogens (tertiary/aromatic N) is 2. The summed E-state index contributed by atoms with van der Waals surface area (Å²) in [6, 6.07) is 6.85. The first-order valence-electron chi connectivity index (χ1n) is 13.6. The van der Waals surface area contributed by atoms with Crippen molar-refractivity contribution in [2.75, 3.05) is 36.8 Å². The van der Waals surface area contributed by atoms with E-state index in [4.69, 9.17) is 4.52 Å². The predicted octanol–water partition coefficient (Wildman–Crippen LogP) is 4.73. The van der Waals surface area contributed by atoms with Crippen molar-refractivity contribution in [2.45, 2.75) is 53.9 Å². The SMILES string of the molecule is CCN(CC)CCNC(=O)c1c(C)[nH]c(/C=C2\C(=O)Nc3cc(NC(=O)c4cc(C(C)(C)C)on4)ccc32)c1C. The zero-order chi connectivity index (χ0) is 29.2. The van der Waals surface area contributed by atoms with Crippen molar-refractivity contribution in [1.82, 2.24) is 20.4 Å². The average molecular weight is 547 g/mol. The van der Waals surface area contributed by atoms with Gasteiger partial charge < -0.3 is 30.4 Å². The largest absolute Gasteiger partial charge is 0.360 e. The van der Waals surface area contributed by atoms with Gasteiger partial charge in [0.15, 0.2) is 5.69 Å². The third-order valence-corrected chi connectivity index (χ3v) is 7.14. The highest BCUT2D eigenvalue weighted by atomic mass is 16.5. The Hall–Kier alpha value is -4.18. The van der Waals surface area contributed by atoms with Crippen LogP contribution in [0.5, 0.6) is 0 Å². The van der Waals surface area contributed by atoms with Gasteiger partial charge in [-0.1, -0.05) is 45.8 Å². The number of amides is 3. The molecule has 0 radical (unpaired) electrons. The summed E-state index contributed by atoms with van der Waals surface area (Å²) in [5.74, 6) is -0.188. The molecular formula is C30H38N6O4. The van der Waals surface area contributed by atoms with Gasteiger partial charge in [-0.2, -0.15) is 0 Å². The monoisotopic (exact) mass is 546 g/mol. The number of rotatable bonds is 9. The van der Waals surface area contributed by atoms with Crippen LogP contribution in [0.3, 0.4) is 0 Å². The molecule has 0 fully saturated rings. The first-order valence-corrected chi connectivity index (χ1v) is 13.6. The molecule has 0 saturated carbocycles. The highest BCUT2D eigenvalue weighted by Gasteiger charge is 2.27. The van der Waals surface area contributed by atoms with Gasteiger partial charge in [0, 0.05) is 47.2 Å². The molecular weight excluding hydrogens is 508 g/mol. The number of H-pyrrole nitrogens is 1. The number of benzene rings is 1. The summed E-state index contributed by atoms with van der Waals surface area (Å²) in [4.78, 5) is 44.1. The second-order valence-corrected chi connectivity index (χ2v) is 11.0. The topological polar surface area (TPSA) is 132 Å². The van der Waals surface area contributed by atoms with Crippen LogP contribution in [0.25, 0.3) is 11.6 Å². The van der Waals surface area contributed by atoms with E-state index in [2.05, 4.69) is 44.8 Å². The molecule has 0 saturated heterocycles. The molecule has 1 aliphatic rings. The Morgan fingerprint density at radius 1 is 1.10 bits per heavy atom. The first kappa shape index (κ1) is 28.8. The number of hydrogen-bond acceptors (Lipinski definition) is 6. The lowest BCUT2D eigenvalue weighted by Crippen LogP contribution is -2.35. The smallest absolute Gasteiger partial charge is 0.277 e. The summed E-state index contributed by atoms with van der Waals surface area (Å²) in [7, 11) is 0. The number of aryl methyl sites for hydroxylation is 1.